The van der Waals surface area contributed by atoms with Crippen LogP contribution in [0.3, 0.4) is 0 Å². The standard InChI is InChI=1S/C14H20F2N2O2/c15-12-2-1-11(9-13(12)16)14(20)10-18-5-3-17(4-6-18)7-8-19/h1-2,9,14,19-20H,3-8,10H2/t14-/m0/s1. The van der Waals surface area contributed by atoms with Crippen molar-refractivity contribution in [3.8, 4) is 0 Å². The molecule has 1 aliphatic rings. The van der Waals surface area contributed by atoms with Crippen LogP contribution in [0.1, 0.15) is 11.7 Å². The Labute approximate surface area is 117 Å². The highest BCUT2D eigenvalue weighted by atomic mass is 19.2. The van der Waals surface area contributed by atoms with E-state index in [-0.39, 0.29) is 6.61 Å². The first-order valence-corrected chi connectivity index (χ1v) is 6.78. The molecule has 20 heavy (non-hydrogen) atoms. The molecule has 1 aromatic rings. The summed E-state index contributed by atoms with van der Waals surface area (Å²) >= 11 is 0. The predicted octanol–water partition coefficient (Wildman–Crippen LogP) is 0.608. The highest BCUT2D eigenvalue weighted by molar-refractivity contribution is 5.20. The van der Waals surface area contributed by atoms with Gasteiger partial charge in [0.25, 0.3) is 0 Å². The van der Waals surface area contributed by atoms with Crippen LogP contribution in [-0.2, 0) is 0 Å². The third kappa shape index (κ3) is 3.96. The maximum absolute atomic E-state index is 13.1. The third-order valence-corrected chi connectivity index (χ3v) is 3.64. The Hall–Kier alpha value is -1.08. The molecule has 1 aliphatic heterocycles. The fourth-order valence-corrected chi connectivity index (χ4v) is 2.41. The van der Waals surface area contributed by atoms with Crippen LogP contribution in [0.4, 0.5) is 8.78 Å². The average Bonchev–Trinajstić information content (AvgIpc) is 2.44. The van der Waals surface area contributed by atoms with Crippen molar-refractivity contribution in [3.63, 3.8) is 0 Å². The largest absolute Gasteiger partial charge is 0.395 e. The Bertz CT molecular complexity index is 437. The molecule has 2 N–H and O–H groups in total. The van der Waals surface area contributed by atoms with Crippen LogP contribution in [0.15, 0.2) is 18.2 Å². The van der Waals surface area contributed by atoms with Crippen molar-refractivity contribution in [2.45, 2.75) is 6.10 Å². The second kappa shape index (κ2) is 7.08. The Morgan fingerprint density at radius 3 is 2.30 bits per heavy atom. The molecular weight excluding hydrogens is 266 g/mol. The van der Waals surface area contributed by atoms with Crippen LogP contribution in [0.2, 0.25) is 0 Å². The number of β-amino-alcohol motifs (C(OH)–C–C–N with tert-alkyl or cyclic N) is 2. The zero-order valence-corrected chi connectivity index (χ0v) is 11.3. The van der Waals surface area contributed by atoms with E-state index in [1.807, 2.05) is 0 Å². The lowest BCUT2D eigenvalue weighted by Gasteiger charge is -2.35. The number of benzene rings is 1. The van der Waals surface area contributed by atoms with E-state index in [2.05, 4.69) is 9.80 Å². The average molecular weight is 286 g/mol. The normalized spacial score (nSPS) is 19.2. The summed E-state index contributed by atoms with van der Waals surface area (Å²) in [5.74, 6) is -1.84. The van der Waals surface area contributed by atoms with Gasteiger partial charge >= 0.3 is 0 Å². The van der Waals surface area contributed by atoms with Crippen molar-refractivity contribution in [3.05, 3.63) is 35.4 Å². The minimum Gasteiger partial charge on any atom is -0.395 e. The minimum atomic E-state index is -0.936. The van der Waals surface area contributed by atoms with E-state index in [9.17, 15) is 13.9 Å². The molecule has 1 fully saturated rings. The quantitative estimate of drug-likeness (QED) is 0.832. The van der Waals surface area contributed by atoms with E-state index in [1.165, 1.54) is 6.07 Å². The Morgan fingerprint density at radius 2 is 1.70 bits per heavy atom. The molecule has 0 spiro atoms. The molecule has 1 heterocycles. The molecule has 0 aromatic heterocycles. The lowest BCUT2D eigenvalue weighted by molar-refractivity contribution is 0.0659. The van der Waals surface area contributed by atoms with E-state index >= 15 is 0 Å². The number of piperazine rings is 1. The fraction of sp³-hybridized carbons (Fsp3) is 0.571. The lowest BCUT2D eigenvalue weighted by atomic mass is 10.1. The molecule has 0 aliphatic carbocycles. The summed E-state index contributed by atoms with van der Waals surface area (Å²) in [7, 11) is 0. The summed E-state index contributed by atoms with van der Waals surface area (Å²) in [6.45, 7) is 4.48. The maximum atomic E-state index is 13.1. The second-order valence-electron chi connectivity index (χ2n) is 5.06. The predicted molar refractivity (Wildman–Crippen MR) is 71.3 cm³/mol. The first kappa shape index (κ1) is 15.3. The van der Waals surface area contributed by atoms with Gasteiger partial charge in [-0.1, -0.05) is 6.07 Å². The van der Waals surface area contributed by atoms with Crippen molar-refractivity contribution in [2.75, 3.05) is 45.9 Å². The van der Waals surface area contributed by atoms with Crippen molar-refractivity contribution in [2.24, 2.45) is 0 Å². The van der Waals surface area contributed by atoms with Crippen LogP contribution in [0.5, 0.6) is 0 Å². The first-order valence-electron chi connectivity index (χ1n) is 6.78. The SMILES string of the molecule is OCCN1CCN(C[C@H](O)c2ccc(F)c(F)c2)CC1. The van der Waals surface area contributed by atoms with Gasteiger partial charge in [-0.2, -0.15) is 0 Å². The Morgan fingerprint density at radius 1 is 1.05 bits per heavy atom. The summed E-state index contributed by atoms with van der Waals surface area (Å²) in [6, 6.07) is 3.49. The zero-order valence-electron chi connectivity index (χ0n) is 11.3. The van der Waals surface area contributed by atoms with E-state index < -0.39 is 17.7 Å². The van der Waals surface area contributed by atoms with Gasteiger partial charge in [-0.05, 0) is 17.7 Å². The molecule has 1 aromatic carbocycles. The second-order valence-corrected chi connectivity index (χ2v) is 5.06. The zero-order chi connectivity index (χ0) is 14.5. The van der Waals surface area contributed by atoms with Gasteiger partial charge < -0.3 is 10.2 Å². The van der Waals surface area contributed by atoms with Gasteiger partial charge in [0, 0.05) is 39.3 Å². The lowest BCUT2D eigenvalue weighted by Crippen LogP contribution is -2.48. The smallest absolute Gasteiger partial charge is 0.159 e. The van der Waals surface area contributed by atoms with Crippen LogP contribution in [-0.4, -0.2) is 65.9 Å². The molecule has 0 unspecified atom stereocenters. The van der Waals surface area contributed by atoms with E-state index in [0.717, 1.165) is 38.3 Å². The van der Waals surface area contributed by atoms with Crippen molar-refractivity contribution >= 4 is 0 Å². The number of nitrogens with zero attached hydrogens (tertiary/aromatic N) is 2. The summed E-state index contributed by atoms with van der Waals surface area (Å²) < 4.78 is 26.0. The molecule has 1 saturated heterocycles. The first-order chi connectivity index (χ1) is 9.60. The topological polar surface area (TPSA) is 46.9 Å². The number of aliphatic hydroxyl groups excluding tert-OH is 2. The number of halogens is 2. The fourth-order valence-electron chi connectivity index (χ4n) is 2.41. The van der Waals surface area contributed by atoms with Crippen LogP contribution >= 0.6 is 0 Å². The molecule has 0 amide bonds. The number of hydrogen-bond donors (Lipinski definition) is 2. The molecule has 112 valence electrons. The highest BCUT2D eigenvalue weighted by Crippen LogP contribution is 2.18. The summed E-state index contributed by atoms with van der Waals surface area (Å²) in [5, 5.41) is 18.9. The van der Waals surface area contributed by atoms with Gasteiger partial charge in [0.2, 0.25) is 0 Å². The monoisotopic (exact) mass is 286 g/mol. The van der Waals surface area contributed by atoms with Gasteiger partial charge in [0.15, 0.2) is 11.6 Å². The summed E-state index contributed by atoms with van der Waals surface area (Å²) in [5.41, 5.74) is 0.390. The minimum absolute atomic E-state index is 0.150. The molecule has 1 atom stereocenters. The Balaban J connectivity index is 1.85. The molecule has 6 heteroatoms. The number of hydrogen-bond acceptors (Lipinski definition) is 4. The van der Waals surface area contributed by atoms with Crippen molar-refractivity contribution in [1.82, 2.24) is 9.80 Å². The number of rotatable bonds is 5. The highest BCUT2D eigenvalue weighted by Gasteiger charge is 2.20. The molecule has 0 saturated carbocycles. The van der Waals surface area contributed by atoms with Gasteiger partial charge in [-0.25, -0.2) is 8.78 Å². The van der Waals surface area contributed by atoms with E-state index in [4.69, 9.17) is 5.11 Å². The van der Waals surface area contributed by atoms with Crippen molar-refractivity contribution < 1.29 is 19.0 Å². The molecular formula is C14H20F2N2O2. The van der Waals surface area contributed by atoms with Gasteiger partial charge in [-0.3, -0.25) is 9.80 Å². The van der Waals surface area contributed by atoms with E-state index in [0.29, 0.717) is 18.7 Å². The Kier molecular flexibility index (Phi) is 5.42. The molecule has 0 radical (unpaired) electrons. The van der Waals surface area contributed by atoms with E-state index in [1.54, 1.807) is 0 Å². The van der Waals surface area contributed by atoms with Gasteiger partial charge in [-0.15, -0.1) is 0 Å². The third-order valence-electron chi connectivity index (χ3n) is 3.64. The van der Waals surface area contributed by atoms with Crippen molar-refractivity contribution in [1.29, 1.82) is 0 Å². The van der Waals surface area contributed by atoms with Gasteiger partial charge in [0.05, 0.1) is 12.7 Å². The van der Waals surface area contributed by atoms with Gasteiger partial charge in [0.1, 0.15) is 0 Å². The maximum Gasteiger partial charge on any atom is 0.159 e. The molecule has 4 nitrogen and oxygen atoms in total. The number of aliphatic hydroxyl groups is 2. The van der Waals surface area contributed by atoms with Crippen LogP contribution in [0.25, 0.3) is 0 Å². The van der Waals surface area contributed by atoms with Crippen LogP contribution in [0, 0.1) is 11.6 Å². The summed E-state index contributed by atoms with van der Waals surface area (Å²) in [6.07, 6.45) is -0.825. The molecule has 2 rings (SSSR count). The summed E-state index contributed by atoms with van der Waals surface area (Å²) in [4.78, 5) is 4.24. The molecule has 0 bridgehead atoms. The van der Waals surface area contributed by atoms with Crippen LogP contribution < -0.4 is 0 Å².